The highest BCUT2D eigenvalue weighted by molar-refractivity contribution is 6.46. The number of aliphatic hydroxyl groups is 1. The Hall–Kier alpha value is -2.99. The number of likely N-dealkylation sites (tertiary alicyclic amines) is 1. The zero-order valence-corrected chi connectivity index (χ0v) is 18.8. The van der Waals surface area contributed by atoms with Crippen molar-refractivity contribution in [3.05, 3.63) is 64.2 Å². The molecule has 0 radical (unpaired) electrons. The van der Waals surface area contributed by atoms with Crippen LogP contribution in [0.5, 0.6) is 11.5 Å². The van der Waals surface area contributed by atoms with Crippen molar-refractivity contribution in [3.63, 3.8) is 0 Å². The van der Waals surface area contributed by atoms with Crippen LogP contribution >= 0.6 is 11.6 Å². The molecule has 1 saturated heterocycles. The lowest BCUT2D eigenvalue weighted by atomic mass is 9.94. The van der Waals surface area contributed by atoms with Crippen LogP contribution in [0.2, 0.25) is 5.02 Å². The molecule has 1 amide bonds. The van der Waals surface area contributed by atoms with Crippen molar-refractivity contribution in [2.75, 3.05) is 0 Å². The molecule has 0 spiro atoms. The minimum Gasteiger partial charge on any atom is -0.507 e. The van der Waals surface area contributed by atoms with Gasteiger partial charge in [-0.1, -0.05) is 42.6 Å². The van der Waals surface area contributed by atoms with E-state index in [1.807, 2.05) is 13.8 Å². The molecule has 1 unspecified atom stereocenters. The number of rotatable bonds is 5. The molecule has 2 aliphatic rings. The second kappa shape index (κ2) is 8.87. The number of aromatic hydroxyl groups is 1. The minimum atomic E-state index is -0.786. The van der Waals surface area contributed by atoms with Crippen molar-refractivity contribution in [3.8, 4) is 11.5 Å². The number of Topliss-reactive ketones (excluding diaryl/α,β-unsaturated/α-hetero) is 1. The standard InChI is InChI=1S/C25H26ClNO5/c1-14(2)32-18-9-5-6-16(12-18)23(29)21-22(15-10-11-20(28)19(26)13-15)27(25(31)24(21)30)17-7-3-4-8-17/h5-6,9-14,17,22,28-29H,3-4,7-8H2,1-2H3/b23-21-. The Morgan fingerprint density at radius 2 is 1.84 bits per heavy atom. The maximum Gasteiger partial charge on any atom is 0.295 e. The first-order valence-electron chi connectivity index (χ1n) is 10.8. The first-order chi connectivity index (χ1) is 15.3. The van der Waals surface area contributed by atoms with Gasteiger partial charge in [0.2, 0.25) is 0 Å². The molecule has 1 aliphatic heterocycles. The van der Waals surface area contributed by atoms with Crippen molar-refractivity contribution >= 4 is 29.1 Å². The molecule has 1 heterocycles. The first kappa shape index (κ1) is 22.2. The number of hydrogen-bond donors (Lipinski definition) is 2. The van der Waals surface area contributed by atoms with Crippen molar-refractivity contribution in [2.24, 2.45) is 0 Å². The molecule has 1 saturated carbocycles. The van der Waals surface area contributed by atoms with E-state index in [1.165, 1.54) is 6.07 Å². The lowest BCUT2D eigenvalue weighted by molar-refractivity contribution is -0.141. The summed E-state index contributed by atoms with van der Waals surface area (Å²) in [5.41, 5.74) is 0.975. The Balaban J connectivity index is 1.86. The number of aliphatic hydroxyl groups excluding tert-OH is 1. The monoisotopic (exact) mass is 455 g/mol. The number of carbonyl (C=O) groups excluding carboxylic acids is 2. The van der Waals surface area contributed by atoms with Gasteiger partial charge in [0, 0.05) is 11.6 Å². The Morgan fingerprint density at radius 1 is 1.12 bits per heavy atom. The maximum atomic E-state index is 13.2. The molecule has 4 rings (SSSR count). The largest absolute Gasteiger partial charge is 0.507 e. The summed E-state index contributed by atoms with van der Waals surface area (Å²) in [6.45, 7) is 3.79. The Kier molecular flexibility index (Phi) is 6.15. The van der Waals surface area contributed by atoms with E-state index in [0.29, 0.717) is 16.9 Å². The van der Waals surface area contributed by atoms with Crippen LogP contribution in [0.4, 0.5) is 0 Å². The van der Waals surface area contributed by atoms with Crippen LogP contribution in [-0.4, -0.2) is 38.9 Å². The van der Waals surface area contributed by atoms with E-state index in [1.54, 1.807) is 41.3 Å². The van der Waals surface area contributed by atoms with Gasteiger partial charge in [-0.15, -0.1) is 0 Å². The summed E-state index contributed by atoms with van der Waals surface area (Å²) in [5, 5.41) is 21.2. The number of nitrogens with zero attached hydrogens (tertiary/aromatic N) is 1. The summed E-state index contributed by atoms with van der Waals surface area (Å²) >= 11 is 6.15. The second-order valence-corrected chi connectivity index (χ2v) is 8.96. The molecule has 32 heavy (non-hydrogen) atoms. The van der Waals surface area contributed by atoms with Crippen molar-refractivity contribution in [1.82, 2.24) is 4.90 Å². The van der Waals surface area contributed by atoms with Crippen molar-refractivity contribution in [2.45, 2.75) is 57.7 Å². The summed E-state index contributed by atoms with van der Waals surface area (Å²) in [5.74, 6) is -1.14. The van der Waals surface area contributed by atoms with Gasteiger partial charge < -0.3 is 19.8 Å². The van der Waals surface area contributed by atoms with Gasteiger partial charge in [-0.3, -0.25) is 9.59 Å². The van der Waals surface area contributed by atoms with Gasteiger partial charge in [0.15, 0.2) is 0 Å². The van der Waals surface area contributed by atoms with Gasteiger partial charge in [-0.05, 0) is 56.5 Å². The van der Waals surface area contributed by atoms with Gasteiger partial charge in [0.25, 0.3) is 11.7 Å². The van der Waals surface area contributed by atoms with Crippen molar-refractivity contribution < 1.29 is 24.5 Å². The number of phenolic OH excluding ortho intramolecular Hbond substituents is 1. The third kappa shape index (κ3) is 4.07. The maximum absolute atomic E-state index is 13.2. The van der Waals surface area contributed by atoms with E-state index in [0.717, 1.165) is 25.7 Å². The Labute approximate surface area is 192 Å². The first-order valence-corrected chi connectivity index (χ1v) is 11.2. The molecule has 2 aromatic rings. The quantitative estimate of drug-likeness (QED) is 0.367. The van der Waals surface area contributed by atoms with E-state index < -0.39 is 17.7 Å². The summed E-state index contributed by atoms with van der Waals surface area (Å²) < 4.78 is 5.72. The lowest BCUT2D eigenvalue weighted by Crippen LogP contribution is -2.37. The molecular weight excluding hydrogens is 430 g/mol. The summed E-state index contributed by atoms with van der Waals surface area (Å²) in [4.78, 5) is 27.9. The molecule has 2 aromatic carbocycles. The van der Waals surface area contributed by atoms with Gasteiger partial charge in [-0.25, -0.2) is 0 Å². The molecule has 168 valence electrons. The lowest BCUT2D eigenvalue weighted by Gasteiger charge is -2.31. The van der Waals surface area contributed by atoms with E-state index in [9.17, 15) is 19.8 Å². The zero-order chi connectivity index (χ0) is 23.0. The molecule has 7 heteroatoms. The number of phenols is 1. The van der Waals surface area contributed by atoms with Crippen LogP contribution in [0.15, 0.2) is 48.0 Å². The SMILES string of the molecule is CC(C)Oc1cccc(/C(O)=C2/C(=O)C(=O)N(C3CCCC3)C2c2ccc(O)c(Cl)c2)c1. The molecule has 1 aliphatic carbocycles. The predicted octanol–water partition coefficient (Wildman–Crippen LogP) is 5.20. The zero-order valence-electron chi connectivity index (χ0n) is 18.0. The number of hydrogen-bond acceptors (Lipinski definition) is 5. The average Bonchev–Trinajstić information content (AvgIpc) is 3.36. The normalized spacial score (nSPS) is 21.0. The number of ether oxygens (including phenoxy) is 1. The van der Waals surface area contributed by atoms with Crippen LogP contribution in [-0.2, 0) is 9.59 Å². The minimum absolute atomic E-state index is 0.0188. The van der Waals surface area contributed by atoms with E-state index in [4.69, 9.17) is 16.3 Å². The molecule has 0 bridgehead atoms. The highest BCUT2D eigenvalue weighted by Gasteiger charge is 2.49. The van der Waals surface area contributed by atoms with Crippen LogP contribution in [0.1, 0.15) is 56.7 Å². The number of benzene rings is 2. The Bertz CT molecular complexity index is 1090. The van der Waals surface area contributed by atoms with Crippen molar-refractivity contribution in [1.29, 1.82) is 0 Å². The third-order valence-electron chi connectivity index (χ3n) is 5.96. The van der Waals surface area contributed by atoms with Crippen LogP contribution in [0, 0.1) is 0 Å². The van der Waals surface area contributed by atoms with E-state index in [2.05, 4.69) is 0 Å². The van der Waals surface area contributed by atoms with E-state index >= 15 is 0 Å². The van der Waals surface area contributed by atoms with Gasteiger partial charge in [0.1, 0.15) is 17.3 Å². The molecule has 1 atom stereocenters. The summed E-state index contributed by atoms with van der Waals surface area (Å²) in [7, 11) is 0. The predicted molar refractivity (Wildman–Crippen MR) is 122 cm³/mol. The molecule has 0 aromatic heterocycles. The molecule has 2 N–H and O–H groups in total. The fourth-order valence-electron chi connectivity index (χ4n) is 4.57. The third-order valence-corrected chi connectivity index (χ3v) is 6.27. The number of carbonyl (C=O) groups is 2. The smallest absolute Gasteiger partial charge is 0.295 e. The summed E-state index contributed by atoms with van der Waals surface area (Å²) in [6, 6.07) is 10.6. The fraction of sp³-hybridized carbons (Fsp3) is 0.360. The fourth-order valence-corrected chi connectivity index (χ4v) is 4.76. The van der Waals surface area contributed by atoms with E-state index in [-0.39, 0.29) is 34.3 Å². The highest BCUT2D eigenvalue weighted by atomic mass is 35.5. The number of ketones is 1. The number of halogens is 1. The number of amides is 1. The van der Waals surface area contributed by atoms with Crippen LogP contribution < -0.4 is 4.74 Å². The topological polar surface area (TPSA) is 87.1 Å². The second-order valence-electron chi connectivity index (χ2n) is 8.55. The molecule has 2 fully saturated rings. The highest BCUT2D eigenvalue weighted by Crippen LogP contribution is 2.44. The molecule has 6 nitrogen and oxygen atoms in total. The van der Waals surface area contributed by atoms with Gasteiger partial charge in [-0.2, -0.15) is 0 Å². The summed E-state index contributed by atoms with van der Waals surface area (Å²) in [6.07, 6.45) is 3.50. The van der Waals surface area contributed by atoms with Crippen LogP contribution in [0.25, 0.3) is 5.76 Å². The van der Waals surface area contributed by atoms with Gasteiger partial charge >= 0.3 is 0 Å². The van der Waals surface area contributed by atoms with Crippen LogP contribution in [0.3, 0.4) is 0 Å². The average molecular weight is 456 g/mol. The molecular formula is C25H26ClNO5. The van der Waals surface area contributed by atoms with Gasteiger partial charge in [0.05, 0.1) is 22.7 Å². The Morgan fingerprint density at radius 3 is 2.50 bits per heavy atom.